The normalized spacial score (nSPS) is 19.8. The minimum Gasteiger partial charge on any atom is -0.365 e. The number of nitrogens with one attached hydrogen (secondary N) is 2. The molecule has 2 aromatic carbocycles. The van der Waals surface area contributed by atoms with Crippen molar-refractivity contribution in [2.45, 2.75) is 44.8 Å². The second kappa shape index (κ2) is 10.6. The van der Waals surface area contributed by atoms with Gasteiger partial charge in [0.25, 0.3) is 0 Å². The number of halogens is 2. The highest BCUT2D eigenvalue weighted by atomic mass is 35.5. The van der Waals surface area contributed by atoms with Gasteiger partial charge in [0.15, 0.2) is 5.11 Å². The Hall–Kier alpha value is -3.49. The van der Waals surface area contributed by atoms with Crippen LogP contribution in [0.1, 0.15) is 56.1 Å². The molecule has 0 unspecified atom stereocenters. The van der Waals surface area contributed by atoms with E-state index in [-0.39, 0.29) is 35.8 Å². The number of fused-ring (bicyclic) bond motifs is 1. The van der Waals surface area contributed by atoms with Gasteiger partial charge in [0.05, 0.1) is 23.3 Å². The highest BCUT2D eigenvalue weighted by Crippen LogP contribution is 2.46. The van der Waals surface area contributed by atoms with Crippen molar-refractivity contribution in [1.29, 1.82) is 0 Å². The van der Waals surface area contributed by atoms with Crippen molar-refractivity contribution in [3.8, 4) is 0 Å². The molecule has 0 saturated carbocycles. The number of hydrogen-bond donors (Lipinski definition) is 2. The second-order valence-electron chi connectivity index (χ2n) is 10.6. The zero-order valence-corrected chi connectivity index (χ0v) is 23.9. The summed E-state index contributed by atoms with van der Waals surface area (Å²) in [5.74, 6) is -0.546. The van der Waals surface area contributed by atoms with Crippen LogP contribution in [-0.2, 0) is 4.79 Å². The largest absolute Gasteiger partial charge is 0.365 e. The van der Waals surface area contributed by atoms with E-state index in [1.165, 1.54) is 29.8 Å². The van der Waals surface area contributed by atoms with Crippen molar-refractivity contribution >= 4 is 51.8 Å². The van der Waals surface area contributed by atoms with E-state index >= 15 is 0 Å². The SMILES string of the molecule is CC1=CC(C)(C)N(C)c2cc(Cl)c([C@@H]3[C@H](c4ccccn4)NC(=S)N3CCC(=O)Nc3ccc(F)cc3)cc21. The Morgan fingerprint density at radius 2 is 1.95 bits per heavy atom. The van der Waals surface area contributed by atoms with Gasteiger partial charge in [0, 0.05) is 48.2 Å². The molecule has 3 heterocycles. The maximum absolute atomic E-state index is 13.3. The predicted octanol–water partition coefficient (Wildman–Crippen LogP) is 6.51. The molecule has 6 nitrogen and oxygen atoms in total. The van der Waals surface area contributed by atoms with Crippen LogP contribution in [0.3, 0.4) is 0 Å². The van der Waals surface area contributed by atoms with Crippen LogP contribution in [0.25, 0.3) is 5.57 Å². The maximum atomic E-state index is 13.3. The van der Waals surface area contributed by atoms with Gasteiger partial charge in [-0.1, -0.05) is 23.7 Å². The molecule has 2 aliphatic heterocycles. The Bertz CT molecular complexity index is 1440. The summed E-state index contributed by atoms with van der Waals surface area (Å²) < 4.78 is 13.3. The average molecular weight is 564 g/mol. The Morgan fingerprint density at radius 3 is 2.64 bits per heavy atom. The zero-order chi connectivity index (χ0) is 27.9. The Kier molecular flexibility index (Phi) is 7.35. The number of allylic oxidation sites excluding steroid dienone is 1. The molecule has 5 rings (SSSR count). The zero-order valence-electron chi connectivity index (χ0n) is 22.3. The third-order valence-corrected chi connectivity index (χ3v) is 8.24. The molecule has 39 heavy (non-hydrogen) atoms. The maximum Gasteiger partial charge on any atom is 0.226 e. The van der Waals surface area contributed by atoms with Crippen LogP contribution in [0.15, 0.2) is 66.9 Å². The van der Waals surface area contributed by atoms with Crippen molar-refractivity contribution < 1.29 is 9.18 Å². The van der Waals surface area contributed by atoms with Gasteiger partial charge >= 0.3 is 0 Å². The van der Waals surface area contributed by atoms with Crippen molar-refractivity contribution in [2.24, 2.45) is 0 Å². The molecule has 1 aromatic heterocycles. The monoisotopic (exact) mass is 563 g/mol. The highest BCUT2D eigenvalue weighted by Gasteiger charge is 2.41. The molecule has 0 bridgehead atoms. The first-order chi connectivity index (χ1) is 18.5. The fourth-order valence-electron chi connectivity index (χ4n) is 5.38. The number of anilines is 2. The molecule has 1 amide bonds. The van der Waals surface area contributed by atoms with Gasteiger partial charge in [0.2, 0.25) is 5.91 Å². The van der Waals surface area contributed by atoms with Crippen LogP contribution in [-0.4, -0.2) is 40.0 Å². The summed E-state index contributed by atoms with van der Waals surface area (Å²) in [7, 11) is 2.08. The summed E-state index contributed by atoms with van der Waals surface area (Å²) in [6.45, 7) is 6.84. The van der Waals surface area contributed by atoms with E-state index in [4.69, 9.17) is 23.8 Å². The minimum atomic E-state index is -0.355. The second-order valence-corrected chi connectivity index (χ2v) is 11.3. The van der Waals surface area contributed by atoms with Gasteiger partial charge in [-0.25, -0.2) is 4.39 Å². The van der Waals surface area contributed by atoms with Crippen LogP contribution < -0.4 is 15.5 Å². The Morgan fingerprint density at radius 1 is 1.21 bits per heavy atom. The highest BCUT2D eigenvalue weighted by molar-refractivity contribution is 7.80. The van der Waals surface area contributed by atoms with Gasteiger partial charge in [-0.15, -0.1) is 0 Å². The third-order valence-electron chi connectivity index (χ3n) is 7.56. The van der Waals surface area contributed by atoms with E-state index in [0.29, 0.717) is 22.4 Å². The van der Waals surface area contributed by atoms with E-state index < -0.39 is 0 Å². The van der Waals surface area contributed by atoms with Crippen molar-refractivity contribution in [1.82, 2.24) is 15.2 Å². The van der Waals surface area contributed by atoms with E-state index in [9.17, 15) is 9.18 Å². The molecule has 202 valence electrons. The minimum absolute atomic E-state index is 0.140. The van der Waals surface area contributed by atoms with Crippen LogP contribution >= 0.6 is 23.8 Å². The van der Waals surface area contributed by atoms with E-state index in [2.05, 4.69) is 60.5 Å². The first-order valence-electron chi connectivity index (χ1n) is 12.9. The molecule has 2 N–H and O–H groups in total. The number of hydrogen-bond acceptors (Lipinski definition) is 4. The fraction of sp³-hybridized carbons (Fsp3) is 0.300. The van der Waals surface area contributed by atoms with Crippen LogP contribution in [0.4, 0.5) is 15.8 Å². The molecular formula is C30H31ClFN5OS. The lowest BCUT2D eigenvalue weighted by Crippen LogP contribution is -2.42. The molecule has 3 aromatic rings. The third kappa shape index (κ3) is 5.36. The topological polar surface area (TPSA) is 60.5 Å². The number of aromatic nitrogens is 1. The molecule has 1 fully saturated rings. The fourth-order valence-corrected chi connectivity index (χ4v) is 5.98. The van der Waals surface area contributed by atoms with Gasteiger partial charge in [-0.2, -0.15) is 0 Å². The molecule has 0 aliphatic carbocycles. The number of rotatable bonds is 6. The number of thiocarbonyl (C=S) groups is 1. The Labute approximate surface area is 238 Å². The lowest BCUT2D eigenvalue weighted by atomic mass is 9.86. The molecule has 2 atom stereocenters. The van der Waals surface area contributed by atoms with Crippen LogP contribution in [0, 0.1) is 5.82 Å². The van der Waals surface area contributed by atoms with E-state index in [1.807, 2.05) is 29.2 Å². The van der Waals surface area contributed by atoms with E-state index in [0.717, 1.165) is 22.5 Å². The number of likely N-dealkylation sites (N-methyl/N-ethyl adjacent to an activating group) is 1. The van der Waals surface area contributed by atoms with Crippen molar-refractivity contribution in [3.63, 3.8) is 0 Å². The summed E-state index contributed by atoms with van der Waals surface area (Å²) in [6, 6.07) is 15.1. The number of benzene rings is 2. The van der Waals surface area contributed by atoms with E-state index in [1.54, 1.807) is 6.20 Å². The standard InChI is InChI=1S/C30H31ClFN5OS/c1-18-17-30(2,3)36(4)25-16-23(31)22(15-21(18)25)28-27(24-7-5-6-13-33-24)35-29(39)37(28)14-12-26(38)34-20-10-8-19(32)9-11-20/h5-11,13,15-17,27-28H,12,14H2,1-4H3,(H,34,38)(H,35,39)/t27-,28+/m0/s1. The van der Waals surface area contributed by atoms with Crippen LogP contribution in [0.5, 0.6) is 0 Å². The summed E-state index contributed by atoms with van der Waals surface area (Å²) in [5, 5.41) is 7.42. The molecule has 0 radical (unpaired) electrons. The quantitative estimate of drug-likeness (QED) is 0.334. The predicted molar refractivity (Wildman–Crippen MR) is 159 cm³/mol. The van der Waals surface area contributed by atoms with Crippen molar-refractivity contribution in [2.75, 3.05) is 23.8 Å². The summed E-state index contributed by atoms with van der Waals surface area (Å²) in [4.78, 5) is 21.7. The summed E-state index contributed by atoms with van der Waals surface area (Å²) in [6.07, 6.45) is 4.20. The average Bonchev–Trinajstić information content (AvgIpc) is 3.23. The molecule has 1 saturated heterocycles. The van der Waals surface area contributed by atoms with Crippen molar-refractivity contribution in [3.05, 3.63) is 94.5 Å². The van der Waals surface area contributed by atoms with Gasteiger partial charge < -0.3 is 20.4 Å². The number of carbonyl (C=O) groups excluding carboxylic acids is 1. The molecular weight excluding hydrogens is 533 g/mol. The lowest BCUT2D eigenvalue weighted by Gasteiger charge is -2.41. The number of amides is 1. The Balaban J connectivity index is 1.48. The van der Waals surface area contributed by atoms with Gasteiger partial charge in [-0.3, -0.25) is 9.78 Å². The first kappa shape index (κ1) is 27.1. The number of nitrogens with zero attached hydrogens (tertiary/aromatic N) is 3. The molecule has 9 heteroatoms. The van der Waals surface area contributed by atoms with Gasteiger partial charge in [-0.05, 0) is 92.7 Å². The molecule has 2 aliphatic rings. The number of pyridine rings is 1. The molecule has 0 spiro atoms. The van der Waals surface area contributed by atoms with Crippen LogP contribution in [0.2, 0.25) is 5.02 Å². The smallest absolute Gasteiger partial charge is 0.226 e. The summed E-state index contributed by atoms with van der Waals surface area (Å²) >= 11 is 12.8. The summed E-state index contributed by atoms with van der Waals surface area (Å²) in [5.41, 5.74) is 5.52. The van der Waals surface area contributed by atoms with Gasteiger partial charge in [0.1, 0.15) is 5.82 Å². The number of carbonyl (C=O) groups is 1. The lowest BCUT2D eigenvalue weighted by molar-refractivity contribution is -0.116. The first-order valence-corrected chi connectivity index (χ1v) is 13.6.